The van der Waals surface area contributed by atoms with E-state index < -0.39 is 0 Å². The second kappa shape index (κ2) is 6.13. The van der Waals surface area contributed by atoms with Crippen LogP contribution in [0.25, 0.3) is 0 Å². The summed E-state index contributed by atoms with van der Waals surface area (Å²) in [6.45, 7) is 6.62. The smallest absolute Gasteiger partial charge is 0.0963 e. The Morgan fingerprint density at radius 3 is 2.73 bits per heavy atom. The molecule has 2 nitrogen and oxygen atoms in total. The molecule has 0 radical (unpaired) electrons. The summed E-state index contributed by atoms with van der Waals surface area (Å²) >= 11 is 1.83. The molecule has 0 bridgehead atoms. The Morgan fingerprint density at radius 1 is 1.40 bits per heavy atom. The second-order valence-electron chi connectivity index (χ2n) is 4.14. The molecule has 1 N–H and O–H groups in total. The first kappa shape index (κ1) is 12.5. The second-order valence-corrected chi connectivity index (χ2v) is 5.18. The SMILES string of the molecule is CNC(C)c1ccnc(SCC(C)C)c1. The van der Waals surface area contributed by atoms with E-state index in [0.29, 0.717) is 12.0 Å². The summed E-state index contributed by atoms with van der Waals surface area (Å²) in [5.41, 5.74) is 1.30. The van der Waals surface area contributed by atoms with Gasteiger partial charge in [-0.05, 0) is 37.6 Å². The molecule has 1 rings (SSSR count). The average molecular weight is 224 g/mol. The Kier molecular flexibility index (Phi) is 5.12. The third-order valence-electron chi connectivity index (χ3n) is 2.26. The molecule has 1 atom stereocenters. The van der Waals surface area contributed by atoms with Crippen LogP contribution in [0, 0.1) is 5.92 Å². The van der Waals surface area contributed by atoms with Gasteiger partial charge in [-0.3, -0.25) is 0 Å². The lowest BCUT2D eigenvalue weighted by atomic mass is 10.1. The Hall–Kier alpha value is -0.540. The van der Waals surface area contributed by atoms with Gasteiger partial charge in [0.15, 0.2) is 0 Å². The van der Waals surface area contributed by atoms with Crippen LogP contribution >= 0.6 is 11.8 Å². The molecule has 0 amide bonds. The van der Waals surface area contributed by atoms with Crippen LogP contribution in [0.15, 0.2) is 23.4 Å². The molecule has 1 heterocycles. The number of pyridine rings is 1. The Labute approximate surface area is 96.9 Å². The van der Waals surface area contributed by atoms with E-state index in [1.54, 1.807) is 0 Å². The lowest BCUT2D eigenvalue weighted by molar-refractivity contribution is 0.649. The normalized spacial score (nSPS) is 13.1. The fourth-order valence-corrected chi connectivity index (χ4v) is 2.05. The van der Waals surface area contributed by atoms with Gasteiger partial charge in [0.05, 0.1) is 5.03 Å². The number of nitrogens with zero attached hydrogens (tertiary/aromatic N) is 1. The molecule has 1 aromatic heterocycles. The third kappa shape index (κ3) is 4.22. The summed E-state index contributed by atoms with van der Waals surface area (Å²) in [6, 6.07) is 4.64. The fraction of sp³-hybridized carbons (Fsp3) is 0.583. The van der Waals surface area contributed by atoms with E-state index in [2.05, 4.69) is 43.2 Å². The summed E-state index contributed by atoms with van der Waals surface area (Å²) in [4.78, 5) is 4.36. The minimum Gasteiger partial charge on any atom is -0.313 e. The molecule has 15 heavy (non-hydrogen) atoms. The molecule has 0 aliphatic rings. The van der Waals surface area contributed by atoms with Crippen molar-refractivity contribution in [1.29, 1.82) is 0 Å². The predicted octanol–water partition coefficient (Wildman–Crippen LogP) is 3.11. The molecule has 3 heteroatoms. The molecular weight excluding hydrogens is 204 g/mol. The lowest BCUT2D eigenvalue weighted by Crippen LogP contribution is -2.12. The molecule has 0 aliphatic heterocycles. The molecule has 0 aromatic carbocycles. The van der Waals surface area contributed by atoms with Crippen LogP contribution < -0.4 is 5.32 Å². The Balaban J connectivity index is 2.65. The van der Waals surface area contributed by atoms with Gasteiger partial charge >= 0.3 is 0 Å². The van der Waals surface area contributed by atoms with Crippen molar-refractivity contribution in [2.45, 2.75) is 31.8 Å². The van der Waals surface area contributed by atoms with Crippen molar-refractivity contribution in [3.8, 4) is 0 Å². The van der Waals surface area contributed by atoms with E-state index in [-0.39, 0.29) is 0 Å². The van der Waals surface area contributed by atoms with Crippen LogP contribution in [0.2, 0.25) is 0 Å². The summed E-state index contributed by atoms with van der Waals surface area (Å²) in [7, 11) is 1.98. The highest BCUT2D eigenvalue weighted by atomic mass is 32.2. The monoisotopic (exact) mass is 224 g/mol. The highest BCUT2D eigenvalue weighted by Gasteiger charge is 2.04. The van der Waals surface area contributed by atoms with Crippen molar-refractivity contribution in [1.82, 2.24) is 10.3 Å². The first-order chi connectivity index (χ1) is 7.13. The van der Waals surface area contributed by atoms with Crippen LogP contribution in [0.4, 0.5) is 0 Å². The van der Waals surface area contributed by atoms with Crippen molar-refractivity contribution in [2.24, 2.45) is 5.92 Å². The van der Waals surface area contributed by atoms with Crippen molar-refractivity contribution >= 4 is 11.8 Å². The van der Waals surface area contributed by atoms with Crippen molar-refractivity contribution in [3.63, 3.8) is 0 Å². The quantitative estimate of drug-likeness (QED) is 0.778. The maximum atomic E-state index is 4.36. The number of nitrogens with one attached hydrogen (secondary N) is 1. The molecule has 1 unspecified atom stereocenters. The van der Waals surface area contributed by atoms with Crippen LogP contribution in [-0.2, 0) is 0 Å². The Morgan fingerprint density at radius 2 is 2.13 bits per heavy atom. The summed E-state index contributed by atoms with van der Waals surface area (Å²) < 4.78 is 0. The van der Waals surface area contributed by atoms with Crippen LogP contribution in [0.5, 0.6) is 0 Å². The predicted molar refractivity (Wildman–Crippen MR) is 67.3 cm³/mol. The Bertz CT molecular complexity index is 299. The van der Waals surface area contributed by atoms with Crippen LogP contribution in [0.3, 0.4) is 0 Å². The van der Waals surface area contributed by atoms with E-state index in [4.69, 9.17) is 0 Å². The highest BCUT2D eigenvalue weighted by molar-refractivity contribution is 7.99. The lowest BCUT2D eigenvalue weighted by Gasteiger charge is -2.11. The minimum atomic E-state index is 0.395. The summed E-state index contributed by atoms with van der Waals surface area (Å²) in [5, 5.41) is 4.36. The van der Waals surface area contributed by atoms with Crippen molar-refractivity contribution in [2.75, 3.05) is 12.8 Å². The van der Waals surface area contributed by atoms with Crippen LogP contribution in [-0.4, -0.2) is 17.8 Å². The standard InChI is InChI=1S/C12H20N2S/c1-9(2)8-15-12-7-11(5-6-14-12)10(3)13-4/h5-7,9-10,13H,8H2,1-4H3. The molecule has 0 saturated carbocycles. The molecular formula is C12H20N2S. The third-order valence-corrected chi connectivity index (χ3v) is 3.61. The zero-order valence-corrected chi connectivity index (χ0v) is 10.8. The number of hydrogen-bond acceptors (Lipinski definition) is 3. The van der Waals surface area contributed by atoms with E-state index in [1.807, 2.05) is 25.0 Å². The molecule has 84 valence electrons. The van der Waals surface area contributed by atoms with Gasteiger partial charge in [-0.1, -0.05) is 13.8 Å². The number of rotatable bonds is 5. The van der Waals surface area contributed by atoms with Gasteiger partial charge in [0, 0.05) is 18.0 Å². The fourth-order valence-electron chi connectivity index (χ4n) is 1.19. The highest BCUT2D eigenvalue weighted by Crippen LogP contribution is 2.21. The number of hydrogen-bond donors (Lipinski definition) is 1. The number of aromatic nitrogens is 1. The zero-order valence-electron chi connectivity index (χ0n) is 9.95. The van der Waals surface area contributed by atoms with Gasteiger partial charge < -0.3 is 5.32 Å². The maximum Gasteiger partial charge on any atom is 0.0963 e. The van der Waals surface area contributed by atoms with E-state index in [9.17, 15) is 0 Å². The van der Waals surface area contributed by atoms with Crippen molar-refractivity contribution < 1.29 is 0 Å². The van der Waals surface area contributed by atoms with E-state index >= 15 is 0 Å². The van der Waals surface area contributed by atoms with Gasteiger partial charge in [0.25, 0.3) is 0 Å². The molecule has 0 spiro atoms. The molecule has 1 aromatic rings. The molecule has 0 fully saturated rings. The average Bonchev–Trinajstić information content (AvgIpc) is 2.25. The maximum absolute atomic E-state index is 4.36. The topological polar surface area (TPSA) is 24.9 Å². The minimum absolute atomic E-state index is 0.395. The molecule has 0 aliphatic carbocycles. The summed E-state index contributed by atoms with van der Waals surface area (Å²) in [5.74, 6) is 1.84. The van der Waals surface area contributed by atoms with Gasteiger partial charge in [0.1, 0.15) is 0 Å². The summed E-state index contributed by atoms with van der Waals surface area (Å²) in [6.07, 6.45) is 1.89. The first-order valence-corrected chi connectivity index (χ1v) is 6.38. The molecule has 0 saturated heterocycles. The van der Waals surface area contributed by atoms with Crippen LogP contribution in [0.1, 0.15) is 32.4 Å². The van der Waals surface area contributed by atoms with Gasteiger partial charge in [0.2, 0.25) is 0 Å². The van der Waals surface area contributed by atoms with Crippen molar-refractivity contribution in [3.05, 3.63) is 23.9 Å². The van der Waals surface area contributed by atoms with Gasteiger partial charge in [-0.25, -0.2) is 4.98 Å². The largest absolute Gasteiger partial charge is 0.313 e. The van der Waals surface area contributed by atoms with E-state index in [0.717, 1.165) is 10.8 Å². The zero-order chi connectivity index (χ0) is 11.3. The number of thioether (sulfide) groups is 1. The van der Waals surface area contributed by atoms with E-state index in [1.165, 1.54) is 5.56 Å². The van der Waals surface area contributed by atoms with Gasteiger partial charge in [-0.2, -0.15) is 0 Å². The van der Waals surface area contributed by atoms with Gasteiger partial charge in [-0.15, -0.1) is 11.8 Å². The first-order valence-electron chi connectivity index (χ1n) is 5.39.